The predicted octanol–water partition coefficient (Wildman–Crippen LogP) is -0.402. The maximum atomic E-state index is 10.6. The second kappa shape index (κ2) is 2.40. The molecule has 2 amide bonds. The van der Waals surface area contributed by atoms with Crippen molar-refractivity contribution in [2.45, 2.75) is 0 Å². The first kappa shape index (κ1) is 6.62. The number of carbonyl (C=O) groups is 2. The third-order valence-electron chi connectivity index (χ3n) is 1.13. The molecule has 1 aliphatic rings. The molecule has 52 valence electrons. The van der Waals surface area contributed by atoms with Gasteiger partial charge in [0, 0.05) is 0 Å². The van der Waals surface area contributed by atoms with Crippen LogP contribution in [-0.2, 0) is 9.53 Å². The van der Waals surface area contributed by atoms with Crippen molar-refractivity contribution in [2.24, 2.45) is 0 Å². The van der Waals surface area contributed by atoms with Crippen LogP contribution in [-0.4, -0.2) is 30.1 Å². The number of cyclic esters (lactones) is 1. The number of rotatable bonds is 0. The minimum Gasteiger partial charge on any atom is -0.447 e. The monoisotopic (exact) mass is 139 g/mol. The summed E-state index contributed by atoms with van der Waals surface area (Å²) in [5.41, 5.74) is 0. The molecule has 1 aliphatic heterocycles. The van der Waals surface area contributed by atoms with Gasteiger partial charge in [-0.25, -0.2) is 9.69 Å². The van der Waals surface area contributed by atoms with E-state index in [1.54, 1.807) is 0 Å². The quantitative estimate of drug-likeness (QED) is 0.429. The van der Waals surface area contributed by atoms with Gasteiger partial charge < -0.3 is 4.74 Å². The lowest BCUT2D eigenvalue weighted by atomic mass is 10.5. The molecular weight excluding hydrogens is 134 g/mol. The molecule has 1 saturated heterocycles. The van der Waals surface area contributed by atoms with E-state index in [9.17, 15) is 9.59 Å². The van der Waals surface area contributed by atoms with Gasteiger partial charge in [-0.15, -0.1) is 6.42 Å². The van der Waals surface area contributed by atoms with Crippen LogP contribution in [0.15, 0.2) is 0 Å². The summed E-state index contributed by atoms with van der Waals surface area (Å²) in [6, 6.07) is 0. The first-order chi connectivity index (χ1) is 4.75. The molecule has 0 radical (unpaired) electrons. The number of nitrogens with zero attached hydrogens (tertiary/aromatic N) is 1. The molecule has 4 heteroatoms. The van der Waals surface area contributed by atoms with Crippen molar-refractivity contribution in [2.75, 3.05) is 13.2 Å². The van der Waals surface area contributed by atoms with Crippen LogP contribution in [0.3, 0.4) is 0 Å². The van der Waals surface area contributed by atoms with Crippen LogP contribution in [0.25, 0.3) is 0 Å². The molecule has 0 aliphatic carbocycles. The minimum absolute atomic E-state index is 0.242. The smallest absolute Gasteiger partial charge is 0.417 e. The fourth-order valence-corrected chi connectivity index (χ4v) is 0.656. The highest BCUT2D eigenvalue weighted by Crippen LogP contribution is 2.01. The average Bonchev–Trinajstić information content (AvgIpc) is 2.34. The highest BCUT2D eigenvalue weighted by molar-refractivity contribution is 6.02. The van der Waals surface area contributed by atoms with Crippen molar-refractivity contribution < 1.29 is 14.3 Å². The van der Waals surface area contributed by atoms with Crippen molar-refractivity contribution in [1.82, 2.24) is 4.90 Å². The summed E-state index contributed by atoms with van der Waals surface area (Å²) in [6.45, 7) is 0.508. The summed E-state index contributed by atoms with van der Waals surface area (Å²) in [5.74, 6) is 1.19. The van der Waals surface area contributed by atoms with Gasteiger partial charge in [0.2, 0.25) is 0 Å². The van der Waals surface area contributed by atoms with Gasteiger partial charge in [0.1, 0.15) is 6.61 Å². The molecule has 1 fully saturated rings. The van der Waals surface area contributed by atoms with Crippen molar-refractivity contribution in [3.63, 3.8) is 0 Å². The van der Waals surface area contributed by atoms with Crippen molar-refractivity contribution >= 4 is 12.0 Å². The Morgan fingerprint density at radius 3 is 2.90 bits per heavy atom. The van der Waals surface area contributed by atoms with Gasteiger partial charge in [0.15, 0.2) is 0 Å². The molecule has 0 spiro atoms. The Morgan fingerprint density at radius 1 is 1.80 bits per heavy atom. The molecule has 0 saturated carbocycles. The molecule has 10 heavy (non-hydrogen) atoms. The summed E-state index contributed by atoms with van der Waals surface area (Å²) in [5, 5.41) is 0. The molecule has 0 N–H and O–H groups in total. The Kier molecular flexibility index (Phi) is 1.59. The Bertz CT molecular complexity index is 216. The van der Waals surface area contributed by atoms with Crippen LogP contribution < -0.4 is 0 Å². The molecule has 1 heterocycles. The average molecular weight is 139 g/mol. The van der Waals surface area contributed by atoms with E-state index in [0.29, 0.717) is 0 Å². The highest BCUT2D eigenvalue weighted by atomic mass is 16.6. The summed E-state index contributed by atoms with van der Waals surface area (Å²) < 4.78 is 4.46. The number of amides is 2. The summed E-state index contributed by atoms with van der Waals surface area (Å²) >= 11 is 0. The second-order valence-electron chi connectivity index (χ2n) is 1.72. The summed E-state index contributed by atoms with van der Waals surface area (Å²) in [4.78, 5) is 22.1. The van der Waals surface area contributed by atoms with E-state index in [4.69, 9.17) is 6.42 Å². The number of ether oxygens (including phenoxy) is 1. The SMILES string of the molecule is C#CC(=O)N1CCOC1=O. The van der Waals surface area contributed by atoms with Gasteiger partial charge in [-0.3, -0.25) is 4.79 Å². The standard InChI is InChI=1S/C6H5NO3/c1-2-5(8)7-3-4-10-6(7)9/h1H,3-4H2. The number of hydrogen-bond donors (Lipinski definition) is 0. The summed E-state index contributed by atoms with van der Waals surface area (Å²) in [6.07, 6.45) is 4.12. The molecular formula is C6H5NO3. The molecule has 0 aromatic carbocycles. The van der Waals surface area contributed by atoms with E-state index in [-0.39, 0.29) is 13.2 Å². The van der Waals surface area contributed by atoms with E-state index in [0.717, 1.165) is 4.90 Å². The number of hydrogen-bond acceptors (Lipinski definition) is 3. The van der Waals surface area contributed by atoms with Crippen LogP contribution in [0, 0.1) is 12.3 Å². The van der Waals surface area contributed by atoms with E-state index >= 15 is 0 Å². The minimum atomic E-state index is -0.650. The lowest BCUT2D eigenvalue weighted by Gasteiger charge is -2.03. The van der Waals surface area contributed by atoms with Crippen LogP contribution in [0.1, 0.15) is 0 Å². The van der Waals surface area contributed by atoms with E-state index < -0.39 is 12.0 Å². The Labute approximate surface area is 57.8 Å². The maximum absolute atomic E-state index is 10.6. The zero-order valence-corrected chi connectivity index (χ0v) is 5.16. The van der Waals surface area contributed by atoms with Gasteiger partial charge in [0.25, 0.3) is 0 Å². The first-order valence-electron chi connectivity index (χ1n) is 2.70. The van der Waals surface area contributed by atoms with Crippen molar-refractivity contribution in [3.05, 3.63) is 0 Å². The van der Waals surface area contributed by atoms with E-state index in [1.165, 1.54) is 0 Å². The zero-order chi connectivity index (χ0) is 7.56. The highest BCUT2D eigenvalue weighted by Gasteiger charge is 2.26. The molecule has 4 nitrogen and oxygen atoms in total. The maximum Gasteiger partial charge on any atom is 0.417 e. The lowest BCUT2D eigenvalue weighted by Crippen LogP contribution is -2.30. The Morgan fingerprint density at radius 2 is 2.50 bits per heavy atom. The van der Waals surface area contributed by atoms with Crippen molar-refractivity contribution in [3.8, 4) is 12.3 Å². The zero-order valence-electron chi connectivity index (χ0n) is 5.16. The molecule has 0 aromatic heterocycles. The summed E-state index contributed by atoms with van der Waals surface area (Å²) in [7, 11) is 0. The second-order valence-corrected chi connectivity index (χ2v) is 1.72. The third kappa shape index (κ3) is 0.935. The Hall–Kier alpha value is -1.50. The molecule has 0 bridgehead atoms. The molecule has 0 unspecified atom stereocenters. The number of carbonyl (C=O) groups excluding carboxylic acids is 2. The van der Waals surface area contributed by atoms with E-state index in [2.05, 4.69) is 4.74 Å². The fraction of sp³-hybridized carbons (Fsp3) is 0.333. The van der Waals surface area contributed by atoms with Gasteiger partial charge >= 0.3 is 12.0 Å². The van der Waals surface area contributed by atoms with Gasteiger partial charge in [-0.2, -0.15) is 0 Å². The molecule has 1 rings (SSSR count). The van der Waals surface area contributed by atoms with Gasteiger partial charge in [0.05, 0.1) is 6.54 Å². The van der Waals surface area contributed by atoms with Crippen molar-refractivity contribution in [1.29, 1.82) is 0 Å². The third-order valence-corrected chi connectivity index (χ3v) is 1.13. The lowest BCUT2D eigenvalue weighted by molar-refractivity contribution is -0.121. The van der Waals surface area contributed by atoms with Crippen LogP contribution in [0.5, 0.6) is 0 Å². The first-order valence-corrected chi connectivity index (χ1v) is 2.70. The number of terminal acetylenes is 1. The van der Waals surface area contributed by atoms with Crippen LogP contribution in [0.2, 0.25) is 0 Å². The topological polar surface area (TPSA) is 46.6 Å². The number of imide groups is 1. The van der Waals surface area contributed by atoms with Crippen LogP contribution in [0.4, 0.5) is 4.79 Å². The van der Waals surface area contributed by atoms with E-state index in [1.807, 2.05) is 5.92 Å². The Balaban J connectivity index is 2.66. The molecule has 0 aromatic rings. The van der Waals surface area contributed by atoms with Gasteiger partial charge in [-0.1, -0.05) is 0 Å². The largest absolute Gasteiger partial charge is 0.447 e. The fourth-order valence-electron chi connectivity index (χ4n) is 0.656. The van der Waals surface area contributed by atoms with Crippen LogP contribution >= 0.6 is 0 Å². The predicted molar refractivity (Wildman–Crippen MR) is 31.9 cm³/mol. The molecule has 0 atom stereocenters. The normalized spacial score (nSPS) is 16.3. The van der Waals surface area contributed by atoms with Gasteiger partial charge in [-0.05, 0) is 5.92 Å².